The first-order chi connectivity index (χ1) is 62.1. The van der Waals surface area contributed by atoms with Crippen molar-refractivity contribution in [2.45, 2.75) is 310 Å². The summed E-state index contributed by atoms with van der Waals surface area (Å²) in [6, 6.07) is 30.1. The van der Waals surface area contributed by atoms with E-state index in [1.165, 1.54) is 205 Å². The van der Waals surface area contributed by atoms with Gasteiger partial charge in [-0.25, -0.2) is 60.1 Å². The number of carbonyl (C=O) groups is 6. The predicted molar refractivity (Wildman–Crippen MR) is 519 cm³/mol. The molecule has 0 unspecified atom stereocenters. The number of benzene rings is 6. The molecule has 0 aliphatic rings. The van der Waals surface area contributed by atoms with Crippen molar-refractivity contribution in [3.8, 4) is 5.75 Å². The number of rotatable bonds is 56. The molecule has 0 atom stereocenters. The van der Waals surface area contributed by atoms with Crippen LogP contribution in [0.5, 0.6) is 5.75 Å². The fourth-order valence-electron chi connectivity index (χ4n) is 15.1. The highest BCUT2D eigenvalue weighted by Crippen LogP contribution is 2.31. The number of esters is 2. The molecule has 29 nitrogen and oxygen atoms in total. The molecular formula is C96H143ClN14O15S3. The summed E-state index contributed by atoms with van der Waals surface area (Å²) in [5, 5.41) is 17.0. The highest BCUT2D eigenvalue weighted by atomic mass is 35.5. The number of sulfonamides is 1. The number of halogens is 1. The molecule has 0 radical (unpaired) electrons. The zero-order valence-corrected chi connectivity index (χ0v) is 81.2. The molecule has 2 aromatic heterocycles. The van der Waals surface area contributed by atoms with Gasteiger partial charge < -0.3 is 48.4 Å². The van der Waals surface area contributed by atoms with Gasteiger partial charge in [0.05, 0.1) is 103 Å². The third-order valence-electron chi connectivity index (χ3n) is 22.1. The molecule has 0 aliphatic carbocycles. The zero-order chi connectivity index (χ0) is 94.0. The fraction of sp³-hybridized carbons (Fsp3) is 0.542. The van der Waals surface area contributed by atoms with E-state index in [4.69, 9.17) is 25.8 Å². The molecule has 6 aromatic carbocycles. The van der Waals surface area contributed by atoms with Crippen LogP contribution in [0.25, 0.3) is 22.1 Å². The van der Waals surface area contributed by atoms with E-state index in [-0.39, 0.29) is 33.3 Å². The summed E-state index contributed by atoms with van der Waals surface area (Å²) in [6.07, 6.45) is 43.0. The number of nitrogens with one attached hydrogen (secondary N) is 8. The van der Waals surface area contributed by atoms with Crippen LogP contribution in [0.15, 0.2) is 135 Å². The van der Waals surface area contributed by atoms with E-state index >= 15 is 0 Å². The lowest BCUT2D eigenvalue weighted by Gasteiger charge is -2.16. The minimum atomic E-state index is -3.93. The second-order valence-electron chi connectivity index (χ2n) is 32.5. The second kappa shape index (κ2) is 58.5. The normalized spacial score (nSPS) is 11.3. The second-order valence-corrected chi connectivity index (χ2v) is 38.7. The molecule has 712 valence electrons. The quantitative estimate of drug-likeness (QED) is 0.00760. The number of unbranched alkanes of at least 4 members (excludes halogenated alkanes) is 31. The lowest BCUT2D eigenvalue weighted by Crippen LogP contribution is -2.34. The molecule has 8 aromatic rings. The predicted octanol–water partition coefficient (Wildman–Crippen LogP) is 22.0. The lowest BCUT2D eigenvalue weighted by atomic mass is 10.0. The Morgan fingerprint density at radius 2 is 0.775 bits per heavy atom. The van der Waals surface area contributed by atoms with E-state index in [9.17, 15) is 54.0 Å². The number of urea groups is 3. The summed E-state index contributed by atoms with van der Waals surface area (Å²) in [5.41, 5.74) is 17.6. The van der Waals surface area contributed by atoms with Crippen LogP contribution in [0.2, 0.25) is 5.02 Å². The SMILES string of the molecule is CCCCCCCCCCCCCCCCS(=O)(=O)Nc1ccc(C=O)c(NC(=O)NNc2cc(S(C)(=O)=O)c(S(C)(=O)=O)cc2C)c1.CCCCCCCCCCCCOC(=O)c1ccc(Cl)c(NC(=O)NN=c2n(CC)c3ccccc3n2CC)c1.CCCCCCCCCCCCOC(=O)c1ccc(OC)c(NC(=O)NN=c2n(CC)c3ccccc3n2CC)c1. The van der Waals surface area contributed by atoms with E-state index in [1.54, 1.807) is 30.3 Å². The minimum Gasteiger partial charge on any atom is -0.495 e. The van der Waals surface area contributed by atoms with Crippen molar-refractivity contribution >= 4 is 128 Å². The van der Waals surface area contributed by atoms with Crippen LogP contribution in [-0.2, 0) is 65.4 Å². The number of carbonyl (C=O) groups excluding carboxylic acids is 6. The van der Waals surface area contributed by atoms with Crippen LogP contribution in [0.4, 0.5) is 42.8 Å². The van der Waals surface area contributed by atoms with Gasteiger partial charge >= 0.3 is 30.0 Å². The highest BCUT2D eigenvalue weighted by Gasteiger charge is 2.25. The van der Waals surface area contributed by atoms with E-state index in [1.807, 2.05) is 94.5 Å². The molecule has 0 aliphatic heterocycles. The Labute approximate surface area is 770 Å². The maximum Gasteiger partial charge on any atom is 0.339 e. The number of hydrogen-bond acceptors (Lipinski definition) is 18. The first kappa shape index (κ1) is 108. The lowest BCUT2D eigenvalue weighted by molar-refractivity contribution is 0.0488. The Morgan fingerprint density at radius 3 is 1.16 bits per heavy atom. The molecule has 33 heteroatoms. The van der Waals surface area contributed by atoms with Gasteiger partial charge in [-0.2, -0.15) is 0 Å². The fourth-order valence-corrected chi connectivity index (χ4v) is 18.9. The monoisotopic (exact) mass is 1860 g/mol. The number of para-hydroxylation sites is 4. The summed E-state index contributed by atoms with van der Waals surface area (Å²) < 4.78 is 101. The highest BCUT2D eigenvalue weighted by molar-refractivity contribution is 7.94. The number of nitrogens with zero attached hydrogens (tertiary/aromatic N) is 6. The molecule has 0 saturated heterocycles. The van der Waals surface area contributed by atoms with Crippen molar-refractivity contribution in [3.63, 3.8) is 0 Å². The van der Waals surface area contributed by atoms with Gasteiger partial charge in [0.25, 0.3) is 0 Å². The van der Waals surface area contributed by atoms with Gasteiger partial charge in [0.2, 0.25) is 21.3 Å². The van der Waals surface area contributed by atoms with Gasteiger partial charge in [-0.3, -0.25) is 20.4 Å². The number of aryl methyl sites for hydroxylation is 5. The number of sulfone groups is 2. The molecule has 8 N–H and O–H groups in total. The van der Waals surface area contributed by atoms with Crippen LogP contribution < -0.4 is 58.3 Å². The molecular weight excluding hydrogens is 1720 g/mol. The standard InChI is InChI=1S/C33H52N4O8S3.C32H47N5O4.C31H44ClN5O3/c1-5-6-7-8-9-10-11-12-13-14-15-16-17-18-21-48(44,45)37-28-20-19-27(25-38)30(23-28)34-33(39)36-35-29-24-32(47(4,42)43)31(22-26(29)2)46(3,40)41;1-5-8-9-10-11-12-13-14-15-18-23-41-30(38)25-21-22-29(40-4)26(24-25)33-31(39)34-35-32-36(6-2)27-19-16-17-20-28(27)37(32)7-3;1-4-7-8-9-10-11-12-13-14-17-22-40-29(38)24-20-21-25(32)26(23-24)33-30(39)34-35-31-36(5-2)27-18-15-16-19-28(27)37(31)6-3/h19-20,22-25,35,37H,5-18,21H2,1-4H3,(H2,34,36,39);16-17,19-22,24H,5-15,18,23H2,1-4H3,(H2,33,34,39);15-16,18-21,23H,4-14,17,22H2,1-3H3,(H2,33,34,39). The van der Waals surface area contributed by atoms with Crippen LogP contribution in [-0.4, -0.2) is 118 Å². The van der Waals surface area contributed by atoms with Crippen LogP contribution >= 0.6 is 11.6 Å². The van der Waals surface area contributed by atoms with Crippen molar-refractivity contribution in [3.05, 3.63) is 154 Å². The van der Waals surface area contributed by atoms with Gasteiger partial charge in [0, 0.05) is 44.3 Å². The maximum atomic E-state index is 12.8. The summed E-state index contributed by atoms with van der Waals surface area (Å²) in [6.45, 7) is 19.9. The number of anilines is 5. The van der Waals surface area contributed by atoms with E-state index in [0.29, 0.717) is 102 Å². The molecule has 129 heavy (non-hydrogen) atoms. The molecule has 0 spiro atoms. The third kappa shape index (κ3) is 37.3. The Kier molecular flexibility index (Phi) is 48.8. The Hall–Kier alpha value is -10.2. The summed E-state index contributed by atoms with van der Waals surface area (Å²) in [5.74, 6) is -0.483. The van der Waals surface area contributed by atoms with Gasteiger partial charge in [0.1, 0.15) is 5.75 Å². The molecule has 0 saturated carbocycles. The van der Waals surface area contributed by atoms with Gasteiger partial charge in [0.15, 0.2) is 26.0 Å². The summed E-state index contributed by atoms with van der Waals surface area (Å²) in [7, 11) is -9.95. The van der Waals surface area contributed by atoms with Gasteiger partial charge in [-0.15, -0.1) is 10.2 Å². The first-order valence-electron chi connectivity index (χ1n) is 46.5. The van der Waals surface area contributed by atoms with Crippen molar-refractivity contribution in [2.24, 2.45) is 10.2 Å². The van der Waals surface area contributed by atoms with Crippen molar-refractivity contribution < 1.29 is 68.2 Å². The first-order valence-corrected chi connectivity index (χ1v) is 52.3. The van der Waals surface area contributed by atoms with Crippen LogP contribution in [0, 0.1) is 6.92 Å². The van der Waals surface area contributed by atoms with E-state index < -0.39 is 64.6 Å². The van der Waals surface area contributed by atoms with Crippen molar-refractivity contribution in [1.82, 2.24) is 34.5 Å². The number of ether oxygens (including phenoxy) is 3. The van der Waals surface area contributed by atoms with Crippen LogP contribution in [0.3, 0.4) is 0 Å². The van der Waals surface area contributed by atoms with Gasteiger partial charge in [-0.05, 0) is 150 Å². The summed E-state index contributed by atoms with van der Waals surface area (Å²) in [4.78, 5) is 74.3. The van der Waals surface area contributed by atoms with Crippen molar-refractivity contribution in [1.29, 1.82) is 0 Å². The number of hydrogen-bond donors (Lipinski definition) is 8. The molecule has 0 fully saturated rings. The van der Waals surface area contributed by atoms with Crippen molar-refractivity contribution in [2.75, 3.05) is 64.7 Å². The maximum absolute atomic E-state index is 12.8. The Bertz CT molecular complexity index is 5290. The average Bonchev–Trinajstić information content (AvgIpc) is 1.51. The van der Waals surface area contributed by atoms with E-state index in [2.05, 4.69) is 73.3 Å². The molecule has 0 bridgehead atoms. The topological polar surface area (TPSA) is 373 Å². The number of imidazole rings is 2. The zero-order valence-electron chi connectivity index (χ0n) is 77.9. The number of aromatic nitrogens is 4. The number of hydrazine groups is 1. The number of amides is 6. The van der Waals surface area contributed by atoms with Crippen LogP contribution in [0.1, 0.15) is 303 Å². The Morgan fingerprint density at radius 1 is 0.411 bits per heavy atom. The molecule has 6 amide bonds. The average molecular weight is 1860 g/mol. The van der Waals surface area contributed by atoms with E-state index in [0.717, 1.165) is 92.0 Å². The summed E-state index contributed by atoms with van der Waals surface area (Å²) >= 11 is 6.30. The largest absolute Gasteiger partial charge is 0.495 e. The van der Waals surface area contributed by atoms with Gasteiger partial charge in [-0.1, -0.05) is 256 Å². The Balaban J connectivity index is 0.000000300. The smallest absolute Gasteiger partial charge is 0.339 e. The minimum absolute atomic E-state index is 0.0296. The number of fused-ring (bicyclic) bond motifs is 2. The third-order valence-corrected chi connectivity index (χ3v) is 26.2. The number of methoxy groups -OCH3 is 1. The number of aldehydes is 1. The molecule has 8 rings (SSSR count). The molecule has 2 heterocycles.